The van der Waals surface area contributed by atoms with Crippen molar-refractivity contribution in [2.75, 3.05) is 14.2 Å². The van der Waals surface area contributed by atoms with Gasteiger partial charge >= 0.3 is 5.97 Å². The molecule has 1 saturated heterocycles. The Bertz CT molecular complexity index is 883. The van der Waals surface area contributed by atoms with E-state index in [1.54, 1.807) is 30.7 Å². The second-order valence-electron chi connectivity index (χ2n) is 6.90. The third-order valence-corrected chi connectivity index (χ3v) is 5.08. The minimum Gasteiger partial charge on any atom is -0.457 e. The van der Waals surface area contributed by atoms with Gasteiger partial charge in [-0.05, 0) is 6.07 Å². The summed E-state index contributed by atoms with van der Waals surface area (Å²) >= 11 is 6.13. The highest BCUT2D eigenvalue weighted by Crippen LogP contribution is 2.46. The number of nitrogens with zero attached hydrogens (tertiary/aromatic N) is 4. The van der Waals surface area contributed by atoms with Gasteiger partial charge in [-0.15, -0.1) is 0 Å². The van der Waals surface area contributed by atoms with Crippen LogP contribution in [0.2, 0.25) is 5.15 Å². The molecule has 9 nitrogen and oxygen atoms in total. The van der Waals surface area contributed by atoms with Gasteiger partial charge in [0.05, 0.1) is 12.5 Å². The molecule has 2 aromatic heterocycles. The first-order valence-corrected chi connectivity index (χ1v) is 8.67. The number of carbonyl (C=O) groups excluding carboxylic acids is 2. The zero-order chi connectivity index (χ0) is 19.9. The molecule has 1 fully saturated rings. The van der Waals surface area contributed by atoms with Gasteiger partial charge in [0.2, 0.25) is 0 Å². The maximum absolute atomic E-state index is 12.7. The molecular formula is C17H21ClN4O5. The lowest BCUT2D eigenvalue weighted by Gasteiger charge is -2.31. The summed E-state index contributed by atoms with van der Waals surface area (Å²) in [5, 5.41) is 2.02. The molecule has 0 bridgehead atoms. The molecule has 146 valence electrons. The Labute approximate surface area is 161 Å². The SMILES string of the molecule is CON(C)C(=O)[C@H]1O[C@@H](n2ccc3c(Cl)ncnc32)C(OC(C)=O)C1(C)C. The molecule has 10 heteroatoms. The fourth-order valence-corrected chi connectivity index (χ4v) is 3.47. The van der Waals surface area contributed by atoms with E-state index in [-0.39, 0.29) is 5.91 Å². The van der Waals surface area contributed by atoms with Crippen molar-refractivity contribution < 1.29 is 23.9 Å². The van der Waals surface area contributed by atoms with Crippen LogP contribution in [0.3, 0.4) is 0 Å². The lowest BCUT2D eigenvalue weighted by Crippen LogP contribution is -2.46. The van der Waals surface area contributed by atoms with Gasteiger partial charge < -0.3 is 14.0 Å². The highest BCUT2D eigenvalue weighted by Gasteiger charge is 2.57. The van der Waals surface area contributed by atoms with E-state index in [9.17, 15) is 9.59 Å². The van der Waals surface area contributed by atoms with Crippen molar-refractivity contribution in [1.82, 2.24) is 19.6 Å². The Morgan fingerprint density at radius 3 is 2.70 bits per heavy atom. The summed E-state index contributed by atoms with van der Waals surface area (Å²) in [6.07, 6.45) is 0.649. The number of fused-ring (bicyclic) bond motifs is 1. The summed E-state index contributed by atoms with van der Waals surface area (Å²) in [7, 11) is 2.88. The normalized spacial score (nSPS) is 24.1. The number of hydroxylamine groups is 2. The first kappa shape index (κ1) is 19.5. The molecule has 3 atom stereocenters. The zero-order valence-electron chi connectivity index (χ0n) is 15.7. The summed E-state index contributed by atoms with van der Waals surface area (Å²) in [5.74, 6) is -0.856. The van der Waals surface area contributed by atoms with Crippen molar-refractivity contribution in [3.63, 3.8) is 0 Å². The van der Waals surface area contributed by atoms with Crippen LogP contribution in [0.5, 0.6) is 0 Å². The molecule has 27 heavy (non-hydrogen) atoms. The largest absolute Gasteiger partial charge is 0.457 e. The molecular weight excluding hydrogens is 376 g/mol. The third-order valence-electron chi connectivity index (χ3n) is 4.78. The predicted molar refractivity (Wildman–Crippen MR) is 95.6 cm³/mol. The van der Waals surface area contributed by atoms with Gasteiger partial charge in [0.25, 0.3) is 5.91 Å². The number of ether oxygens (including phenoxy) is 2. The summed E-state index contributed by atoms with van der Waals surface area (Å²) < 4.78 is 13.3. The number of esters is 1. The molecule has 0 spiro atoms. The molecule has 2 aromatic rings. The maximum atomic E-state index is 12.7. The highest BCUT2D eigenvalue weighted by atomic mass is 35.5. The number of likely N-dealkylation sites (N-methyl/N-ethyl adjacent to an activating group) is 1. The minimum atomic E-state index is -0.897. The van der Waals surface area contributed by atoms with Crippen molar-refractivity contribution in [3.05, 3.63) is 23.7 Å². The Balaban J connectivity index is 2.07. The van der Waals surface area contributed by atoms with Gasteiger partial charge in [-0.1, -0.05) is 25.4 Å². The molecule has 0 aliphatic carbocycles. The fourth-order valence-electron chi connectivity index (χ4n) is 3.28. The fraction of sp³-hybridized carbons (Fsp3) is 0.529. The molecule has 1 aliphatic heterocycles. The maximum Gasteiger partial charge on any atom is 0.303 e. The standard InChI is InChI=1S/C17H21ClN4O5/c1-9(23)26-12-16(22-7-6-10-13(18)19-8-20-14(10)22)27-11(17(12,2)3)15(24)21(4)25-5/h6-8,11-12,16H,1-5H3/t11-,12?,16-/m1/s1. The summed E-state index contributed by atoms with van der Waals surface area (Å²) in [6, 6.07) is 1.75. The average molecular weight is 397 g/mol. The quantitative estimate of drug-likeness (QED) is 0.442. The van der Waals surface area contributed by atoms with E-state index in [4.69, 9.17) is 25.9 Å². The smallest absolute Gasteiger partial charge is 0.303 e. The highest BCUT2D eigenvalue weighted by molar-refractivity contribution is 6.33. The summed E-state index contributed by atoms with van der Waals surface area (Å²) in [6.45, 7) is 4.93. The van der Waals surface area contributed by atoms with Crippen LogP contribution in [0.15, 0.2) is 18.6 Å². The van der Waals surface area contributed by atoms with Crippen molar-refractivity contribution in [2.45, 2.75) is 39.2 Å². The number of rotatable bonds is 4. The third kappa shape index (κ3) is 3.26. The van der Waals surface area contributed by atoms with Crippen molar-refractivity contribution in [2.24, 2.45) is 5.41 Å². The lowest BCUT2D eigenvalue weighted by atomic mass is 9.81. The van der Waals surface area contributed by atoms with Crippen LogP contribution in [0.1, 0.15) is 27.0 Å². The van der Waals surface area contributed by atoms with E-state index in [2.05, 4.69) is 9.97 Å². The lowest BCUT2D eigenvalue weighted by molar-refractivity contribution is -0.185. The van der Waals surface area contributed by atoms with E-state index in [1.807, 2.05) is 0 Å². The van der Waals surface area contributed by atoms with E-state index in [1.165, 1.54) is 27.4 Å². The van der Waals surface area contributed by atoms with Crippen LogP contribution in [0.25, 0.3) is 11.0 Å². The van der Waals surface area contributed by atoms with Gasteiger partial charge in [0.15, 0.2) is 12.3 Å². The molecule has 0 radical (unpaired) electrons. The number of hydrogen-bond donors (Lipinski definition) is 0. The average Bonchev–Trinajstić information content (AvgIpc) is 3.14. The molecule has 3 heterocycles. The first-order chi connectivity index (χ1) is 12.7. The first-order valence-electron chi connectivity index (χ1n) is 8.30. The van der Waals surface area contributed by atoms with Crippen molar-refractivity contribution >= 4 is 34.5 Å². The molecule has 1 amide bonds. The number of carbonyl (C=O) groups is 2. The number of halogens is 1. The van der Waals surface area contributed by atoms with Crippen molar-refractivity contribution in [1.29, 1.82) is 0 Å². The van der Waals surface area contributed by atoms with E-state index in [0.29, 0.717) is 16.2 Å². The van der Waals surface area contributed by atoms with Gasteiger partial charge in [0, 0.05) is 25.6 Å². The van der Waals surface area contributed by atoms with Crippen LogP contribution >= 0.6 is 11.6 Å². The second kappa shape index (κ2) is 7.06. The second-order valence-corrected chi connectivity index (χ2v) is 7.26. The zero-order valence-corrected chi connectivity index (χ0v) is 16.4. The Morgan fingerprint density at radius 2 is 2.07 bits per heavy atom. The van der Waals surface area contributed by atoms with Crippen LogP contribution < -0.4 is 0 Å². The van der Waals surface area contributed by atoms with Crippen LogP contribution in [0, 0.1) is 5.41 Å². The monoisotopic (exact) mass is 396 g/mol. The van der Waals surface area contributed by atoms with E-state index < -0.39 is 29.8 Å². The number of hydrogen-bond acceptors (Lipinski definition) is 7. The number of aromatic nitrogens is 3. The predicted octanol–water partition coefficient (Wildman–Crippen LogP) is 1.96. The van der Waals surface area contributed by atoms with Gasteiger partial charge in [-0.3, -0.25) is 14.4 Å². The van der Waals surface area contributed by atoms with Gasteiger partial charge in [-0.2, -0.15) is 0 Å². The molecule has 0 aromatic carbocycles. The molecule has 0 N–H and O–H groups in total. The van der Waals surface area contributed by atoms with Gasteiger partial charge in [-0.25, -0.2) is 15.0 Å². The molecule has 1 unspecified atom stereocenters. The van der Waals surface area contributed by atoms with Crippen LogP contribution in [-0.2, 0) is 23.9 Å². The summed E-state index contributed by atoms with van der Waals surface area (Å²) in [4.78, 5) is 37.7. The van der Waals surface area contributed by atoms with Gasteiger partial charge in [0.1, 0.15) is 23.2 Å². The van der Waals surface area contributed by atoms with Crippen LogP contribution in [0.4, 0.5) is 0 Å². The van der Waals surface area contributed by atoms with Crippen LogP contribution in [-0.4, -0.2) is 57.8 Å². The Hall–Kier alpha value is -2.23. The molecule has 3 rings (SSSR count). The van der Waals surface area contributed by atoms with E-state index in [0.717, 1.165) is 5.06 Å². The Kier molecular flexibility index (Phi) is 5.11. The topological polar surface area (TPSA) is 95.8 Å². The Morgan fingerprint density at radius 1 is 1.37 bits per heavy atom. The minimum absolute atomic E-state index is 0.298. The van der Waals surface area contributed by atoms with Crippen molar-refractivity contribution in [3.8, 4) is 0 Å². The molecule has 0 saturated carbocycles. The summed E-state index contributed by atoms with van der Waals surface area (Å²) in [5.41, 5.74) is -0.311. The molecule has 1 aliphatic rings. The number of amides is 1. The van der Waals surface area contributed by atoms with E-state index >= 15 is 0 Å².